The van der Waals surface area contributed by atoms with Crippen molar-refractivity contribution in [3.8, 4) is 0 Å². The normalized spacial score (nSPS) is 11.6. The van der Waals surface area contributed by atoms with Crippen LogP contribution in [0.1, 0.15) is 17.7 Å². The van der Waals surface area contributed by atoms with Gasteiger partial charge in [0, 0.05) is 38.7 Å². The minimum absolute atomic E-state index is 0.521. The molecule has 0 atom stereocenters. The van der Waals surface area contributed by atoms with Crippen molar-refractivity contribution < 1.29 is 9.15 Å². The van der Waals surface area contributed by atoms with Crippen LogP contribution in [-0.4, -0.2) is 44.4 Å². The predicted molar refractivity (Wildman–Crippen MR) is 104 cm³/mol. The largest absolute Gasteiger partial charge is 0.467 e. The average Bonchev–Trinajstić information content (AvgIpc) is 3.15. The molecule has 0 bridgehead atoms. The third-order valence-corrected chi connectivity index (χ3v) is 4.47. The smallest absolute Gasteiger partial charge is 0.193 e. The monoisotopic (exact) mass is 361 g/mol. The number of thioether (sulfide) groups is 1. The molecule has 1 heterocycles. The number of ether oxygens (including phenoxy) is 1. The van der Waals surface area contributed by atoms with Crippen LogP contribution in [0.25, 0.3) is 0 Å². The van der Waals surface area contributed by atoms with Crippen LogP contribution in [0.2, 0.25) is 0 Å². The Bertz CT molecular complexity index is 627. The van der Waals surface area contributed by atoms with Crippen LogP contribution in [0, 0.1) is 0 Å². The van der Waals surface area contributed by atoms with E-state index in [2.05, 4.69) is 45.7 Å². The van der Waals surface area contributed by atoms with Gasteiger partial charge >= 0.3 is 0 Å². The van der Waals surface area contributed by atoms with E-state index in [-0.39, 0.29) is 0 Å². The summed E-state index contributed by atoms with van der Waals surface area (Å²) in [6.45, 7) is 2.85. The number of guanidine groups is 1. The number of hydrogen-bond acceptors (Lipinski definition) is 4. The molecule has 25 heavy (non-hydrogen) atoms. The molecule has 2 aromatic rings. The number of nitrogens with one attached hydrogen (secondary N) is 1. The fourth-order valence-electron chi connectivity index (χ4n) is 2.41. The molecular formula is C19H27N3O2S. The van der Waals surface area contributed by atoms with Crippen LogP contribution < -0.4 is 5.32 Å². The Hall–Kier alpha value is -1.92. The van der Waals surface area contributed by atoms with Crippen molar-refractivity contribution in [3.05, 3.63) is 54.0 Å². The Morgan fingerprint density at radius 1 is 1.28 bits per heavy atom. The average molecular weight is 362 g/mol. The van der Waals surface area contributed by atoms with Crippen molar-refractivity contribution >= 4 is 17.7 Å². The molecule has 0 saturated heterocycles. The lowest BCUT2D eigenvalue weighted by atomic mass is 10.2. The zero-order valence-electron chi connectivity index (χ0n) is 15.2. The molecule has 0 amide bonds. The van der Waals surface area contributed by atoms with Gasteiger partial charge in [0.2, 0.25) is 0 Å². The highest BCUT2D eigenvalue weighted by Gasteiger charge is 2.06. The van der Waals surface area contributed by atoms with E-state index in [0.29, 0.717) is 13.2 Å². The van der Waals surface area contributed by atoms with Gasteiger partial charge in [-0.15, -0.1) is 11.8 Å². The van der Waals surface area contributed by atoms with E-state index in [1.165, 1.54) is 10.5 Å². The molecule has 6 heteroatoms. The lowest BCUT2D eigenvalue weighted by molar-refractivity contribution is 0.104. The third kappa shape index (κ3) is 6.84. The highest BCUT2D eigenvalue weighted by atomic mass is 32.2. The number of hydrogen-bond donors (Lipinski definition) is 1. The number of nitrogens with zero attached hydrogens (tertiary/aromatic N) is 2. The molecule has 0 radical (unpaired) electrons. The topological polar surface area (TPSA) is 50.0 Å². The summed E-state index contributed by atoms with van der Waals surface area (Å²) in [7, 11) is 3.86. The zero-order valence-corrected chi connectivity index (χ0v) is 16.0. The van der Waals surface area contributed by atoms with Crippen molar-refractivity contribution in [1.82, 2.24) is 10.2 Å². The Morgan fingerprint density at radius 2 is 2.08 bits per heavy atom. The van der Waals surface area contributed by atoms with Crippen LogP contribution in [-0.2, 0) is 17.9 Å². The van der Waals surface area contributed by atoms with Gasteiger partial charge in [-0.3, -0.25) is 4.99 Å². The van der Waals surface area contributed by atoms with Crippen LogP contribution in [0.3, 0.4) is 0 Å². The van der Waals surface area contributed by atoms with Gasteiger partial charge in [0.1, 0.15) is 12.4 Å². The molecule has 0 fully saturated rings. The number of aliphatic imine (C=N–C) groups is 1. The molecule has 1 aromatic carbocycles. The first-order chi connectivity index (χ1) is 12.2. The quantitative estimate of drug-likeness (QED) is 0.320. The van der Waals surface area contributed by atoms with Crippen molar-refractivity contribution in [3.63, 3.8) is 0 Å². The molecule has 1 aromatic heterocycles. The molecule has 2 rings (SSSR count). The fraction of sp³-hybridized carbons (Fsp3) is 0.421. The number of rotatable bonds is 9. The summed E-state index contributed by atoms with van der Waals surface area (Å²) < 4.78 is 10.8. The van der Waals surface area contributed by atoms with Gasteiger partial charge in [0.25, 0.3) is 0 Å². The molecule has 0 saturated carbocycles. The maximum absolute atomic E-state index is 5.58. The van der Waals surface area contributed by atoms with Crippen molar-refractivity contribution in [1.29, 1.82) is 0 Å². The number of benzene rings is 1. The van der Waals surface area contributed by atoms with Crippen LogP contribution in [0.5, 0.6) is 0 Å². The lowest BCUT2D eigenvalue weighted by Crippen LogP contribution is -2.39. The van der Waals surface area contributed by atoms with Crippen molar-refractivity contribution in [2.24, 2.45) is 4.99 Å². The zero-order chi connectivity index (χ0) is 17.9. The fourth-order valence-corrected chi connectivity index (χ4v) is 2.81. The van der Waals surface area contributed by atoms with E-state index in [0.717, 1.165) is 31.2 Å². The number of furan rings is 1. The predicted octanol–water partition coefficient (Wildman–Crippen LogP) is 3.62. The summed E-state index contributed by atoms with van der Waals surface area (Å²) in [5.41, 5.74) is 1.27. The van der Waals surface area contributed by atoms with Crippen LogP contribution >= 0.6 is 11.8 Å². The second-order valence-electron chi connectivity index (χ2n) is 5.66. The summed E-state index contributed by atoms with van der Waals surface area (Å²) in [4.78, 5) is 7.75. The summed E-state index contributed by atoms with van der Waals surface area (Å²) in [6, 6.07) is 12.4. The van der Waals surface area contributed by atoms with E-state index in [1.54, 1.807) is 18.0 Å². The molecule has 0 aliphatic heterocycles. The Morgan fingerprint density at radius 3 is 2.72 bits per heavy atom. The maximum Gasteiger partial charge on any atom is 0.193 e. The molecule has 5 nitrogen and oxygen atoms in total. The van der Waals surface area contributed by atoms with E-state index in [4.69, 9.17) is 9.15 Å². The standard InChI is InChI=1S/C19H27N3O2S/c1-20-19(21-11-5-12-23-15-17-6-4-13-24-17)22(2)14-16-7-9-18(25-3)10-8-16/h4,6-10,13H,5,11-12,14-15H2,1-3H3,(H,20,21). The van der Waals surface area contributed by atoms with Gasteiger partial charge in [-0.25, -0.2) is 0 Å². The van der Waals surface area contributed by atoms with Gasteiger partial charge in [-0.1, -0.05) is 12.1 Å². The van der Waals surface area contributed by atoms with Crippen LogP contribution in [0.15, 0.2) is 57.0 Å². The summed E-state index contributed by atoms with van der Waals surface area (Å²) in [6.07, 6.45) is 4.66. The third-order valence-electron chi connectivity index (χ3n) is 3.73. The molecular weight excluding hydrogens is 334 g/mol. The lowest BCUT2D eigenvalue weighted by Gasteiger charge is -2.22. The van der Waals surface area contributed by atoms with Gasteiger partial charge in [-0.2, -0.15) is 0 Å². The van der Waals surface area contributed by atoms with Gasteiger partial charge in [-0.05, 0) is 42.5 Å². The first-order valence-electron chi connectivity index (χ1n) is 8.37. The maximum atomic E-state index is 5.58. The van der Waals surface area contributed by atoms with Crippen molar-refractivity contribution in [2.75, 3.05) is 33.5 Å². The Labute approximate surface area is 154 Å². The molecule has 0 aliphatic rings. The minimum Gasteiger partial charge on any atom is -0.467 e. The molecule has 1 N–H and O–H groups in total. The highest BCUT2D eigenvalue weighted by Crippen LogP contribution is 2.15. The second-order valence-corrected chi connectivity index (χ2v) is 6.54. The van der Waals surface area contributed by atoms with Gasteiger partial charge in [0.05, 0.1) is 6.26 Å². The molecule has 0 aliphatic carbocycles. The summed E-state index contributed by atoms with van der Waals surface area (Å²) >= 11 is 1.76. The molecule has 0 spiro atoms. The van der Waals surface area contributed by atoms with Crippen molar-refractivity contribution in [2.45, 2.75) is 24.5 Å². The first kappa shape index (κ1) is 19.4. The molecule has 0 unspecified atom stereocenters. The Kier molecular flexibility index (Phi) is 8.42. The highest BCUT2D eigenvalue weighted by molar-refractivity contribution is 7.98. The van der Waals surface area contributed by atoms with Gasteiger partial charge < -0.3 is 19.4 Å². The minimum atomic E-state index is 0.521. The van der Waals surface area contributed by atoms with E-state index >= 15 is 0 Å². The summed E-state index contributed by atoms with van der Waals surface area (Å²) in [5.74, 6) is 1.75. The van der Waals surface area contributed by atoms with E-state index in [1.807, 2.05) is 26.2 Å². The first-order valence-corrected chi connectivity index (χ1v) is 9.60. The van der Waals surface area contributed by atoms with Crippen LogP contribution in [0.4, 0.5) is 0 Å². The molecule has 136 valence electrons. The SMILES string of the molecule is CN=C(NCCCOCc1ccco1)N(C)Cc1ccc(SC)cc1. The second kappa shape index (κ2) is 10.8. The van der Waals surface area contributed by atoms with E-state index in [9.17, 15) is 0 Å². The van der Waals surface area contributed by atoms with E-state index < -0.39 is 0 Å². The summed E-state index contributed by atoms with van der Waals surface area (Å²) in [5, 5.41) is 3.37. The van der Waals surface area contributed by atoms with Gasteiger partial charge in [0.15, 0.2) is 5.96 Å². The Balaban J connectivity index is 1.66.